The van der Waals surface area contributed by atoms with Gasteiger partial charge in [-0.25, -0.2) is 9.97 Å². The fourth-order valence-electron chi connectivity index (χ4n) is 2.39. The number of aryl methyl sites for hydroxylation is 1. The molecule has 0 aliphatic heterocycles. The summed E-state index contributed by atoms with van der Waals surface area (Å²) in [6.45, 7) is 4.55. The van der Waals surface area contributed by atoms with Gasteiger partial charge in [0.15, 0.2) is 0 Å². The fraction of sp³-hybridized carbons (Fsp3) is 0.333. The molecule has 0 spiro atoms. The lowest BCUT2D eigenvalue weighted by molar-refractivity contribution is -0.121. The summed E-state index contributed by atoms with van der Waals surface area (Å²) in [4.78, 5) is 33.5. The molecule has 1 amide bonds. The lowest BCUT2D eigenvalue weighted by Crippen LogP contribution is -2.27. The summed E-state index contributed by atoms with van der Waals surface area (Å²) >= 11 is 1.43. The second-order valence-electron chi connectivity index (χ2n) is 6.08. The molecule has 0 saturated heterocycles. The monoisotopic (exact) mass is 372 g/mol. The Bertz CT molecular complexity index is 947. The first-order valence-corrected chi connectivity index (χ1v) is 9.22. The highest BCUT2D eigenvalue weighted by molar-refractivity contribution is 7.16. The van der Waals surface area contributed by atoms with Crippen molar-refractivity contribution in [1.82, 2.24) is 19.9 Å². The zero-order valence-electron chi connectivity index (χ0n) is 14.6. The number of carbonyl (C=O) groups excluding carboxylic acids is 1. The highest BCUT2D eigenvalue weighted by Gasteiger charge is 2.08. The van der Waals surface area contributed by atoms with Crippen LogP contribution in [-0.4, -0.2) is 26.5 Å². The van der Waals surface area contributed by atoms with Crippen molar-refractivity contribution < 1.29 is 9.53 Å². The van der Waals surface area contributed by atoms with Crippen LogP contribution in [0.2, 0.25) is 0 Å². The largest absolute Gasteiger partial charge is 0.475 e. The van der Waals surface area contributed by atoms with E-state index in [0.717, 1.165) is 5.56 Å². The molecule has 0 fully saturated rings. The van der Waals surface area contributed by atoms with Gasteiger partial charge >= 0.3 is 0 Å². The van der Waals surface area contributed by atoms with Crippen molar-refractivity contribution in [2.45, 2.75) is 39.5 Å². The molecule has 0 aliphatic rings. The number of fused-ring (bicyclic) bond motifs is 1. The molecule has 136 valence electrons. The Hall–Kier alpha value is -2.74. The molecule has 1 N–H and O–H groups in total. The fourth-order valence-corrected chi connectivity index (χ4v) is 3.11. The smallest absolute Gasteiger partial charge is 0.262 e. The average molecular weight is 372 g/mol. The van der Waals surface area contributed by atoms with Crippen molar-refractivity contribution in [3.05, 3.63) is 52.0 Å². The van der Waals surface area contributed by atoms with Crippen LogP contribution in [0.25, 0.3) is 10.2 Å². The minimum Gasteiger partial charge on any atom is -0.475 e. The van der Waals surface area contributed by atoms with Gasteiger partial charge in [0, 0.05) is 31.8 Å². The summed E-state index contributed by atoms with van der Waals surface area (Å²) in [6.07, 6.45) is 3.45. The number of rotatable bonds is 7. The van der Waals surface area contributed by atoms with Gasteiger partial charge in [-0.15, -0.1) is 11.3 Å². The van der Waals surface area contributed by atoms with E-state index in [-0.39, 0.29) is 24.0 Å². The molecule has 0 saturated carbocycles. The third-order valence-corrected chi connectivity index (χ3v) is 4.49. The third kappa shape index (κ3) is 4.45. The van der Waals surface area contributed by atoms with Gasteiger partial charge in [0.2, 0.25) is 11.8 Å². The number of ether oxygens (including phenoxy) is 1. The van der Waals surface area contributed by atoms with Crippen molar-refractivity contribution in [2.24, 2.45) is 0 Å². The molecular weight excluding hydrogens is 352 g/mol. The molecule has 0 aliphatic carbocycles. The van der Waals surface area contributed by atoms with Gasteiger partial charge in [0.1, 0.15) is 4.83 Å². The standard InChI is InChI=1S/C18H20N4O3S/c1-12(2)25-16-4-3-13(10-20-16)9-19-15(23)5-7-22-11-21-17-14(18(22)24)6-8-26-17/h3-4,6,8,10-12H,5,7,9H2,1-2H3,(H,19,23). The number of pyridine rings is 1. The van der Waals surface area contributed by atoms with Crippen molar-refractivity contribution in [3.8, 4) is 5.88 Å². The molecule has 0 radical (unpaired) electrons. The van der Waals surface area contributed by atoms with Crippen LogP contribution in [0.5, 0.6) is 5.88 Å². The number of nitrogens with one attached hydrogen (secondary N) is 1. The van der Waals surface area contributed by atoms with E-state index < -0.39 is 0 Å². The molecule has 3 rings (SSSR count). The van der Waals surface area contributed by atoms with E-state index in [2.05, 4.69) is 15.3 Å². The Morgan fingerprint density at radius 3 is 2.88 bits per heavy atom. The molecule has 3 heterocycles. The maximum absolute atomic E-state index is 12.3. The molecule has 0 unspecified atom stereocenters. The molecule has 3 aromatic rings. The van der Waals surface area contributed by atoms with Crippen molar-refractivity contribution >= 4 is 27.5 Å². The van der Waals surface area contributed by atoms with E-state index >= 15 is 0 Å². The Labute approximate surface area is 154 Å². The first-order chi connectivity index (χ1) is 12.5. The van der Waals surface area contributed by atoms with E-state index in [1.807, 2.05) is 25.3 Å². The van der Waals surface area contributed by atoms with Crippen LogP contribution in [-0.2, 0) is 17.9 Å². The van der Waals surface area contributed by atoms with Crippen LogP contribution in [0.4, 0.5) is 0 Å². The summed E-state index contributed by atoms with van der Waals surface area (Å²) < 4.78 is 6.95. The van der Waals surface area contributed by atoms with Crippen molar-refractivity contribution in [1.29, 1.82) is 0 Å². The zero-order valence-corrected chi connectivity index (χ0v) is 15.5. The maximum Gasteiger partial charge on any atom is 0.262 e. The molecule has 8 heteroatoms. The summed E-state index contributed by atoms with van der Waals surface area (Å²) in [5.74, 6) is 0.426. The van der Waals surface area contributed by atoms with Gasteiger partial charge in [0.25, 0.3) is 5.56 Å². The van der Waals surface area contributed by atoms with Crippen molar-refractivity contribution in [2.75, 3.05) is 0 Å². The molecule has 0 bridgehead atoms. The van der Waals surface area contributed by atoms with Crippen LogP contribution in [0.1, 0.15) is 25.8 Å². The molecule has 0 atom stereocenters. The minimum absolute atomic E-state index is 0.0687. The predicted molar refractivity (Wildman–Crippen MR) is 100 cm³/mol. The Morgan fingerprint density at radius 1 is 1.31 bits per heavy atom. The van der Waals surface area contributed by atoms with Crippen LogP contribution in [0, 0.1) is 0 Å². The Kier molecular flexibility index (Phi) is 5.62. The van der Waals surface area contributed by atoms with Gasteiger partial charge < -0.3 is 10.1 Å². The molecule has 7 nitrogen and oxygen atoms in total. The summed E-state index contributed by atoms with van der Waals surface area (Å²) in [7, 11) is 0. The topological polar surface area (TPSA) is 86.1 Å². The minimum atomic E-state index is -0.134. The highest BCUT2D eigenvalue weighted by Crippen LogP contribution is 2.13. The molecule has 26 heavy (non-hydrogen) atoms. The SMILES string of the molecule is CC(C)Oc1ccc(CNC(=O)CCn2cnc3sccc3c2=O)cn1. The molecule has 3 aromatic heterocycles. The maximum atomic E-state index is 12.3. The third-order valence-electron chi connectivity index (χ3n) is 3.67. The number of hydrogen-bond donors (Lipinski definition) is 1. The normalized spacial score (nSPS) is 11.0. The number of aromatic nitrogens is 3. The van der Waals surface area contributed by atoms with Crippen molar-refractivity contribution in [3.63, 3.8) is 0 Å². The first-order valence-electron chi connectivity index (χ1n) is 8.34. The van der Waals surface area contributed by atoms with Crippen LogP contribution in [0.15, 0.2) is 40.9 Å². The number of thiophene rings is 1. The number of hydrogen-bond acceptors (Lipinski definition) is 6. The average Bonchev–Trinajstić information content (AvgIpc) is 3.10. The number of nitrogens with zero attached hydrogens (tertiary/aromatic N) is 3. The van der Waals surface area contributed by atoms with Crippen LogP contribution >= 0.6 is 11.3 Å². The van der Waals surface area contributed by atoms with E-state index in [0.29, 0.717) is 29.2 Å². The molecule has 0 aromatic carbocycles. The number of amides is 1. The highest BCUT2D eigenvalue weighted by atomic mass is 32.1. The predicted octanol–water partition coefficient (Wildman–Crippen LogP) is 2.35. The van der Waals surface area contributed by atoms with E-state index in [9.17, 15) is 9.59 Å². The Morgan fingerprint density at radius 2 is 2.15 bits per heavy atom. The lowest BCUT2D eigenvalue weighted by Gasteiger charge is -2.09. The van der Waals surface area contributed by atoms with Gasteiger partial charge in [-0.1, -0.05) is 6.07 Å². The molecular formula is C18H20N4O3S. The van der Waals surface area contributed by atoms with Gasteiger partial charge in [0.05, 0.1) is 17.8 Å². The first kappa shape index (κ1) is 18.1. The zero-order chi connectivity index (χ0) is 18.5. The summed E-state index contributed by atoms with van der Waals surface area (Å²) in [5.41, 5.74) is 0.766. The second-order valence-corrected chi connectivity index (χ2v) is 6.98. The summed E-state index contributed by atoms with van der Waals surface area (Å²) in [5, 5.41) is 5.25. The van der Waals surface area contributed by atoms with E-state index in [4.69, 9.17) is 4.74 Å². The Balaban J connectivity index is 1.51. The van der Waals surface area contributed by atoms with Gasteiger partial charge in [-0.2, -0.15) is 0 Å². The van der Waals surface area contributed by atoms with Gasteiger partial charge in [-0.3, -0.25) is 14.2 Å². The van der Waals surface area contributed by atoms with Gasteiger partial charge in [-0.05, 0) is 30.9 Å². The lowest BCUT2D eigenvalue weighted by atomic mass is 10.2. The number of carbonyl (C=O) groups is 1. The summed E-state index contributed by atoms with van der Waals surface area (Å²) in [6, 6.07) is 5.40. The second kappa shape index (κ2) is 8.09. The van der Waals surface area contributed by atoms with Crippen LogP contribution in [0.3, 0.4) is 0 Å². The van der Waals surface area contributed by atoms with E-state index in [1.54, 1.807) is 18.3 Å². The van der Waals surface area contributed by atoms with E-state index in [1.165, 1.54) is 22.2 Å². The van der Waals surface area contributed by atoms with Crippen LogP contribution < -0.4 is 15.6 Å². The quantitative estimate of drug-likeness (QED) is 0.688.